The van der Waals surface area contributed by atoms with Gasteiger partial charge in [0.2, 0.25) is 5.75 Å². The fraction of sp³-hybridized carbons (Fsp3) is 0.250. The SMILES string of the molecule is COc1cc2c(-c3ccc4c(c3)OCCO4)nccc2c(OC)c1OC. The van der Waals surface area contributed by atoms with Crippen molar-refractivity contribution in [2.24, 2.45) is 0 Å². The van der Waals surface area contributed by atoms with Gasteiger partial charge in [0.1, 0.15) is 13.2 Å². The largest absolute Gasteiger partial charge is 0.493 e. The van der Waals surface area contributed by atoms with E-state index in [1.54, 1.807) is 27.5 Å². The van der Waals surface area contributed by atoms with Crippen LogP contribution in [-0.4, -0.2) is 39.5 Å². The Morgan fingerprint density at radius 1 is 0.808 bits per heavy atom. The van der Waals surface area contributed by atoms with E-state index < -0.39 is 0 Å². The second-order valence-electron chi connectivity index (χ2n) is 5.76. The zero-order valence-electron chi connectivity index (χ0n) is 14.9. The molecule has 0 unspecified atom stereocenters. The molecule has 6 heteroatoms. The average Bonchev–Trinajstić information content (AvgIpc) is 2.71. The molecule has 4 rings (SSSR count). The fourth-order valence-corrected chi connectivity index (χ4v) is 3.22. The summed E-state index contributed by atoms with van der Waals surface area (Å²) >= 11 is 0. The molecule has 0 spiro atoms. The fourth-order valence-electron chi connectivity index (χ4n) is 3.22. The van der Waals surface area contributed by atoms with Crippen molar-refractivity contribution >= 4 is 10.8 Å². The van der Waals surface area contributed by atoms with Gasteiger partial charge in [0.15, 0.2) is 23.0 Å². The first-order valence-electron chi connectivity index (χ1n) is 8.24. The minimum absolute atomic E-state index is 0.540. The Balaban J connectivity index is 1.96. The first-order chi connectivity index (χ1) is 12.8. The highest BCUT2D eigenvalue weighted by Gasteiger charge is 2.20. The molecular weight excluding hydrogens is 334 g/mol. The van der Waals surface area contributed by atoms with Crippen LogP contribution in [0.2, 0.25) is 0 Å². The summed E-state index contributed by atoms with van der Waals surface area (Å²) in [6.45, 7) is 1.10. The van der Waals surface area contributed by atoms with Crippen LogP contribution < -0.4 is 23.7 Å². The molecule has 1 aromatic heterocycles. The van der Waals surface area contributed by atoms with Crippen molar-refractivity contribution < 1.29 is 23.7 Å². The maximum absolute atomic E-state index is 5.70. The lowest BCUT2D eigenvalue weighted by Gasteiger charge is -2.19. The maximum atomic E-state index is 5.70. The Labute approximate surface area is 151 Å². The molecule has 0 saturated heterocycles. The van der Waals surface area contributed by atoms with E-state index in [1.165, 1.54) is 0 Å². The molecule has 1 aliphatic heterocycles. The van der Waals surface area contributed by atoms with E-state index in [9.17, 15) is 0 Å². The van der Waals surface area contributed by atoms with E-state index in [-0.39, 0.29) is 0 Å². The van der Waals surface area contributed by atoms with Crippen molar-refractivity contribution in [2.45, 2.75) is 0 Å². The number of ether oxygens (including phenoxy) is 5. The molecule has 0 bridgehead atoms. The number of hydrogen-bond donors (Lipinski definition) is 0. The third kappa shape index (κ3) is 2.54. The standard InChI is InChI=1S/C20H19NO5/c1-22-17-11-14-13(19(23-2)20(17)24-3)6-7-21-18(14)12-4-5-15-16(10-12)26-9-8-25-15/h4-7,10-11H,8-9H2,1-3H3. The Morgan fingerprint density at radius 3 is 2.31 bits per heavy atom. The van der Waals surface area contributed by atoms with Gasteiger partial charge in [0.25, 0.3) is 0 Å². The number of aromatic nitrogens is 1. The molecule has 26 heavy (non-hydrogen) atoms. The molecule has 2 aromatic carbocycles. The highest BCUT2D eigenvalue weighted by molar-refractivity contribution is 6.01. The van der Waals surface area contributed by atoms with E-state index in [4.69, 9.17) is 23.7 Å². The van der Waals surface area contributed by atoms with Crippen molar-refractivity contribution in [3.8, 4) is 40.0 Å². The summed E-state index contributed by atoms with van der Waals surface area (Å²) in [7, 11) is 4.80. The molecule has 0 amide bonds. The summed E-state index contributed by atoms with van der Waals surface area (Å²) in [5, 5.41) is 1.80. The molecule has 0 radical (unpaired) electrons. The summed E-state index contributed by atoms with van der Waals surface area (Å²) < 4.78 is 27.9. The zero-order chi connectivity index (χ0) is 18.1. The van der Waals surface area contributed by atoms with Crippen LogP contribution in [0.15, 0.2) is 36.5 Å². The normalized spacial score (nSPS) is 12.7. The van der Waals surface area contributed by atoms with Crippen molar-refractivity contribution in [3.63, 3.8) is 0 Å². The lowest BCUT2D eigenvalue weighted by molar-refractivity contribution is 0.171. The Kier molecular flexibility index (Phi) is 4.16. The van der Waals surface area contributed by atoms with Crippen LogP contribution in [0.1, 0.15) is 0 Å². The molecule has 0 fully saturated rings. The smallest absolute Gasteiger partial charge is 0.203 e. The summed E-state index contributed by atoms with van der Waals surface area (Å²) in [6.07, 6.45) is 1.75. The molecular formula is C20H19NO5. The monoisotopic (exact) mass is 353 g/mol. The predicted molar refractivity (Wildman–Crippen MR) is 97.8 cm³/mol. The van der Waals surface area contributed by atoms with Crippen LogP contribution in [-0.2, 0) is 0 Å². The first-order valence-corrected chi connectivity index (χ1v) is 8.24. The van der Waals surface area contributed by atoms with E-state index in [1.807, 2.05) is 30.3 Å². The van der Waals surface area contributed by atoms with Gasteiger partial charge in [0.05, 0.1) is 27.0 Å². The highest BCUT2D eigenvalue weighted by Crippen LogP contribution is 2.45. The second-order valence-corrected chi connectivity index (χ2v) is 5.76. The topological polar surface area (TPSA) is 59.0 Å². The van der Waals surface area contributed by atoms with Crippen molar-refractivity contribution in [1.82, 2.24) is 4.98 Å². The van der Waals surface area contributed by atoms with Gasteiger partial charge < -0.3 is 23.7 Å². The van der Waals surface area contributed by atoms with E-state index in [0.29, 0.717) is 30.5 Å². The molecule has 0 N–H and O–H groups in total. The van der Waals surface area contributed by atoms with Crippen molar-refractivity contribution in [2.75, 3.05) is 34.5 Å². The molecule has 0 saturated carbocycles. The lowest BCUT2D eigenvalue weighted by Crippen LogP contribution is -2.15. The Hall–Kier alpha value is -3.15. The number of benzene rings is 2. The van der Waals surface area contributed by atoms with E-state index in [0.717, 1.165) is 33.5 Å². The van der Waals surface area contributed by atoms with Crippen LogP contribution in [0, 0.1) is 0 Å². The van der Waals surface area contributed by atoms with Gasteiger partial charge in [-0.2, -0.15) is 0 Å². The molecule has 3 aromatic rings. The molecule has 6 nitrogen and oxygen atoms in total. The number of rotatable bonds is 4. The quantitative estimate of drug-likeness (QED) is 0.713. The summed E-state index contributed by atoms with van der Waals surface area (Å²) in [5.74, 6) is 3.23. The summed E-state index contributed by atoms with van der Waals surface area (Å²) in [5.41, 5.74) is 1.73. The van der Waals surface area contributed by atoms with Crippen LogP contribution >= 0.6 is 0 Å². The molecule has 1 aliphatic rings. The second kappa shape index (κ2) is 6.63. The van der Waals surface area contributed by atoms with Crippen LogP contribution in [0.3, 0.4) is 0 Å². The number of methoxy groups -OCH3 is 3. The zero-order valence-corrected chi connectivity index (χ0v) is 14.9. The third-order valence-corrected chi connectivity index (χ3v) is 4.38. The first kappa shape index (κ1) is 16.3. The van der Waals surface area contributed by atoms with E-state index in [2.05, 4.69) is 4.98 Å². The summed E-state index contributed by atoms with van der Waals surface area (Å²) in [6, 6.07) is 9.63. The summed E-state index contributed by atoms with van der Waals surface area (Å²) in [4.78, 5) is 4.58. The van der Waals surface area contributed by atoms with Gasteiger partial charge in [-0.1, -0.05) is 0 Å². The van der Waals surface area contributed by atoms with Crippen molar-refractivity contribution in [3.05, 3.63) is 36.5 Å². The minimum atomic E-state index is 0.540. The van der Waals surface area contributed by atoms with E-state index >= 15 is 0 Å². The maximum Gasteiger partial charge on any atom is 0.203 e. The Bertz CT molecular complexity index is 970. The molecule has 2 heterocycles. The van der Waals surface area contributed by atoms with Gasteiger partial charge >= 0.3 is 0 Å². The minimum Gasteiger partial charge on any atom is -0.493 e. The average molecular weight is 353 g/mol. The van der Waals surface area contributed by atoms with Gasteiger partial charge in [-0.3, -0.25) is 4.98 Å². The number of fused-ring (bicyclic) bond motifs is 2. The van der Waals surface area contributed by atoms with Crippen LogP contribution in [0.25, 0.3) is 22.0 Å². The van der Waals surface area contributed by atoms with Gasteiger partial charge in [-0.25, -0.2) is 0 Å². The van der Waals surface area contributed by atoms with Gasteiger partial charge in [-0.05, 0) is 30.3 Å². The molecule has 0 aliphatic carbocycles. The van der Waals surface area contributed by atoms with Gasteiger partial charge in [0, 0.05) is 22.5 Å². The molecule has 134 valence electrons. The van der Waals surface area contributed by atoms with Gasteiger partial charge in [-0.15, -0.1) is 0 Å². The number of pyridine rings is 1. The van der Waals surface area contributed by atoms with Crippen LogP contribution in [0.5, 0.6) is 28.7 Å². The highest BCUT2D eigenvalue weighted by atomic mass is 16.6. The third-order valence-electron chi connectivity index (χ3n) is 4.38. The lowest BCUT2D eigenvalue weighted by atomic mass is 10.0. The number of hydrogen-bond acceptors (Lipinski definition) is 6. The van der Waals surface area contributed by atoms with Crippen LogP contribution in [0.4, 0.5) is 0 Å². The predicted octanol–water partition coefficient (Wildman–Crippen LogP) is 3.70. The Morgan fingerprint density at radius 2 is 1.58 bits per heavy atom. The van der Waals surface area contributed by atoms with Crippen molar-refractivity contribution in [1.29, 1.82) is 0 Å². The number of nitrogens with zero attached hydrogens (tertiary/aromatic N) is 1. The molecule has 0 atom stereocenters.